The molecule has 0 aliphatic carbocycles. The molecule has 1 N–H and O–H groups in total. The van der Waals surface area contributed by atoms with Crippen LogP contribution in [0.25, 0.3) is 0 Å². The van der Waals surface area contributed by atoms with E-state index in [1.54, 1.807) is 7.11 Å². The highest BCUT2D eigenvalue weighted by molar-refractivity contribution is 9.10. The summed E-state index contributed by atoms with van der Waals surface area (Å²) in [5, 5.41) is 8.57. The first kappa shape index (κ1) is 15.4. The van der Waals surface area contributed by atoms with Crippen molar-refractivity contribution in [1.82, 2.24) is 15.1 Å². The number of halogens is 1. The minimum Gasteiger partial charge on any atom is -0.383 e. The molecule has 6 heteroatoms. The lowest BCUT2D eigenvalue weighted by Gasteiger charge is -2.30. The zero-order chi connectivity index (χ0) is 13.7. The van der Waals surface area contributed by atoms with Gasteiger partial charge in [0.05, 0.1) is 35.6 Å². The van der Waals surface area contributed by atoms with E-state index in [4.69, 9.17) is 4.74 Å². The lowest BCUT2D eigenvalue weighted by Crippen LogP contribution is -2.32. The zero-order valence-electron chi connectivity index (χ0n) is 11.6. The average Bonchev–Trinajstić information content (AvgIpc) is 2.80. The number of ether oxygens (including phenoxy) is 1. The lowest BCUT2D eigenvalue weighted by molar-refractivity contribution is 0.181. The fraction of sp³-hybridized carbons (Fsp3) is 0.769. The largest absolute Gasteiger partial charge is 0.383 e. The normalized spacial score (nSPS) is 21.5. The van der Waals surface area contributed by atoms with E-state index in [1.165, 1.54) is 30.7 Å². The molecular formula is C13H22BrN3OS. The van der Waals surface area contributed by atoms with E-state index in [0.29, 0.717) is 17.9 Å². The van der Waals surface area contributed by atoms with Gasteiger partial charge in [-0.1, -0.05) is 6.42 Å². The molecule has 0 bridgehead atoms. The fourth-order valence-corrected chi connectivity index (χ4v) is 4.57. The number of aromatic nitrogens is 2. The highest BCUT2D eigenvalue weighted by Gasteiger charge is 2.28. The Balaban J connectivity index is 2.18. The van der Waals surface area contributed by atoms with Gasteiger partial charge >= 0.3 is 0 Å². The molecule has 0 amide bonds. The molecule has 19 heavy (non-hydrogen) atoms. The second-order valence-corrected chi connectivity index (χ2v) is 6.97. The fourth-order valence-electron chi connectivity index (χ4n) is 2.56. The molecule has 2 heterocycles. The third-order valence-electron chi connectivity index (χ3n) is 3.53. The van der Waals surface area contributed by atoms with Crippen molar-refractivity contribution < 1.29 is 4.74 Å². The summed E-state index contributed by atoms with van der Waals surface area (Å²) < 4.78 is 8.32. The molecule has 0 radical (unpaired) electrons. The van der Waals surface area contributed by atoms with Crippen molar-refractivity contribution in [3.05, 3.63) is 16.4 Å². The van der Waals surface area contributed by atoms with Crippen molar-refractivity contribution in [3.63, 3.8) is 0 Å². The van der Waals surface area contributed by atoms with Gasteiger partial charge in [0.2, 0.25) is 0 Å². The van der Waals surface area contributed by atoms with Crippen LogP contribution in [0.15, 0.2) is 10.7 Å². The Morgan fingerprint density at radius 2 is 2.47 bits per heavy atom. The number of thioether (sulfide) groups is 1. The van der Waals surface area contributed by atoms with Gasteiger partial charge in [-0.3, -0.25) is 4.68 Å². The first-order valence-corrected chi connectivity index (χ1v) is 8.61. The molecule has 0 saturated carbocycles. The predicted molar refractivity (Wildman–Crippen MR) is 83.7 cm³/mol. The van der Waals surface area contributed by atoms with E-state index in [-0.39, 0.29) is 0 Å². The van der Waals surface area contributed by atoms with Crippen LogP contribution in [-0.4, -0.2) is 41.5 Å². The smallest absolute Gasteiger partial charge is 0.0707 e. The molecule has 1 aromatic heterocycles. The van der Waals surface area contributed by atoms with Gasteiger partial charge in [-0.15, -0.1) is 0 Å². The molecule has 1 aliphatic rings. The van der Waals surface area contributed by atoms with E-state index in [1.807, 2.05) is 13.2 Å². The topological polar surface area (TPSA) is 39.1 Å². The molecule has 108 valence electrons. The SMILES string of the molecule is CNC(c1c(Br)cnn1CCOC)C1CCCCS1. The molecule has 0 aromatic carbocycles. The molecule has 2 atom stereocenters. The van der Waals surface area contributed by atoms with Crippen LogP contribution in [-0.2, 0) is 11.3 Å². The maximum Gasteiger partial charge on any atom is 0.0707 e. The van der Waals surface area contributed by atoms with Crippen LogP contribution < -0.4 is 5.32 Å². The molecule has 1 aromatic rings. The Morgan fingerprint density at radius 1 is 1.63 bits per heavy atom. The van der Waals surface area contributed by atoms with Crippen molar-refractivity contribution in [2.45, 2.75) is 37.1 Å². The number of methoxy groups -OCH3 is 1. The quantitative estimate of drug-likeness (QED) is 0.858. The van der Waals surface area contributed by atoms with Crippen molar-refractivity contribution >= 4 is 27.7 Å². The van der Waals surface area contributed by atoms with E-state index in [2.05, 4.69) is 42.8 Å². The first-order valence-electron chi connectivity index (χ1n) is 6.77. The Kier molecular flexibility index (Phi) is 6.19. The molecule has 1 aliphatic heterocycles. The summed E-state index contributed by atoms with van der Waals surface area (Å²) in [6, 6.07) is 0.346. The molecule has 2 unspecified atom stereocenters. The van der Waals surface area contributed by atoms with E-state index in [0.717, 1.165) is 11.0 Å². The first-order chi connectivity index (χ1) is 9.27. The number of rotatable bonds is 6. The summed E-state index contributed by atoms with van der Waals surface area (Å²) in [4.78, 5) is 0. The van der Waals surface area contributed by atoms with Gasteiger partial charge in [-0.2, -0.15) is 16.9 Å². The lowest BCUT2D eigenvalue weighted by atomic mass is 10.0. The summed E-state index contributed by atoms with van der Waals surface area (Å²) in [5.74, 6) is 1.27. The summed E-state index contributed by atoms with van der Waals surface area (Å²) in [6.07, 6.45) is 5.85. The van der Waals surface area contributed by atoms with Crippen molar-refractivity contribution in [2.24, 2.45) is 0 Å². The zero-order valence-corrected chi connectivity index (χ0v) is 14.0. The summed E-state index contributed by atoms with van der Waals surface area (Å²) >= 11 is 5.72. The van der Waals surface area contributed by atoms with Crippen LogP contribution in [0.2, 0.25) is 0 Å². The Labute approximate surface area is 127 Å². The van der Waals surface area contributed by atoms with Gasteiger partial charge in [-0.25, -0.2) is 0 Å². The third-order valence-corrected chi connectivity index (χ3v) is 5.60. The van der Waals surface area contributed by atoms with Crippen LogP contribution >= 0.6 is 27.7 Å². The van der Waals surface area contributed by atoms with E-state index >= 15 is 0 Å². The molecular weight excluding hydrogens is 326 g/mol. The summed E-state index contributed by atoms with van der Waals surface area (Å²) in [6.45, 7) is 1.49. The van der Waals surface area contributed by atoms with E-state index in [9.17, 15) is 0 Å². The number of hydrogen-bond donors (Lipinski definition) is 1. The summed E-state index contributed by atoms with van der Waals surface area (Å²) in [5.41, 5.74) is 1.25. The highest BCUT2D eigenvalue weighted by Crippen LogP contribution is 2.37. The number of nitrogens with zero attached hydrogens (tertiary/aromatic N) is 2. The second kappa shape index (κ2) is 7.67. The van der Waals surface area contributed by atoms with Gasteiger partial charge in [0.15, 0.2) is 0 Å². The minimum atomic E-state index is 0.346. The maximum absolute atomic E-state index is 5.17. The molecule has 1 saturated heterocycles. The Bertz CT molecular complexity index is 393. The number of nitrogens with one attached hydrogen (secondary N) is 1. The summed E-state index contributed by atoms with van der Waals surface area (Å²) in [7, 11) is 3.77. The Hall–Kier alpha value is -0.0400. The standard InChI is InChI=1S/C13H22BrN3OS/c1-15-12(11-5-3-4-8-19-11)13-10(14)9-16-17(13)6-7-18-2/h9,11-12,15H,3-8H2,1-2H3. The maximum atomic E-state index is 5.17. The van der Waals surface area contributed by atoms with Crippen LogP contribution in [0.1, 0.15) is 31.0 Å². The molecule has 2 rings (SSSR count). The predicted octanol–water partition coefficient (Wildman–Crippen LogP) is 2.84. The van der Waals surface area contributed by atoms with Gasteiger partial charge < -0.3 is 10.1 Å². The van der Waals surface area contributed by atoms with Gasteiger partial charge in [0.25, 0.3) is 0 Å². The van der Waals surface area contributed by atoms with Gasteiger partial charge in [0, 0.05) is 12.4 Å². The third kappa shape index (κ3) is 3.74. The molecule has 4 nitrogen and oxygen atoms in total. The van der Waals surface area contributed by atoms with Crippen molar-refractivity contribution in [1.29, 1.82) is 0 Å². The van der Waals surface area contributed by atoms with Crippen molar-refractivity contribution in [3.8, 4) is 0 Å². The Morgan fingerprint density at radius 3 is 3.11 bits per heavy atom. The van der Waals surface area contributed by atoms with Gasteiger partial charge in [0.1, 0.15) is 0 Å². The van der Waals surface area contributed by atoms with Crippen LogP contribution in [0.3, 0.4) is 0 Å². The monoisotopic (exact) mass is 347 g/mol. The number of hydrogen-bond acceptors (Lipinski definition) is 4. The van der Waals surface area contributed by atoms with E-state index < -0.39 is 0 Å². The van der Waals surface area contributed by atoms with Crippen LogP contribution in [0.4, 0.5) is 0 Å². The minimum absolute atomic E-state index is 0.346. The second-order valence-electron chi connectivity index (χ2n) is 4.77. The average molecular weight is 348 g/mol. The van der Waals surface area contributed by atoms with Crippen LogP contribution in [0.5, 0.6) is 0 Å². The van der Waals surface area contributed by atoms with Crippen LogP contribution in [0, 0.1) is 0 Å². The molecule has 1 fully saturated rings. The molecule has 0 spiro atoms. The van der Waals surface area contributed by atoms with Gasteiger partial charge in [-0.05, 0) is 41.6 Å². The van der Waals surface area contributed by atoms with Crippen molar-refractivity contribution in [2.75, 3.05) is 26.5 Å². The highest BCUT2D eigenvalue weighted by atomic mass is 79.9.